The molecule has 2 aliphatic heterocycles. The highest BCUT2D eigenvalue weighted by molar-refractivity contribution is 5.50. The maximum Gasteiger partial charge on any atom is 0.119 e. The minimum atomic E-state index is 0.650. The molecule has 0 bridgehead atoms. The average Bonchev–Trinajstić information content (AvgIpc) is 3.43. The topological polar surface area (TPSA) is 27.7 Å². The van der Waals surface area contributed by atoms with Crippen molar-refractivity contribution in [2.45, 2.75) is 76.3 Å². The minimum Gasteiger partial charge on any atom is -0.494 e. The lowest BCUT2D eigenvalue weighted by Gasteiger charge is -2.28. The lowest BCUT2D eigenvalue weighted by Crippen LogP contribution is -2.41. The molecule has 1 N–H and O–H groups in total. The highest BCUT2D eigenvalue weighted by Crippen LogP contribution is 2.28. The molecule has 2 heterocycles. The number of nitrogens with one attached hydrogen (secondary N) is 1. The van der Waals surface area contributed by atoms with Crippen molar-refractivity contribution >= 4 is 5.69 Å². The maximum atomic E-state index is 6.00. The third kappa shape index (κ3) is 5.64. The zero-order chi connectivity index (χ0) is 19.0. The largest absolute Gasteiger partial charge is 0.494 e. The number of hydrogen-bond donors (Lipinski definition) is 1. The second-order valence-electron chi connectivity index (χ2n) is 8.98. The average molecular weight is 386 g/mol. The molecule has 1 aromatic rings. The van der Waals surface area contributed by atoms with E-state index >= 15 is 0 Å². The summed E-state index contributed by atoms with van der Waals surface area (Å²) >= 11 is 0. The number of anilines is 1. The monoisotopic (exact) mass is 385 g/mol. The molecule has 4 nitrogen and oxygen atoms in total. The van der Waals surface area contributed by atoms with Crippen molar-refractivity contribution in [1.82, 2.24) is 10.2 Å². The molecule has 156 valence electrons. The molecule has 1 atom stereocenters. The highest BCUT2D eigenvalue weighted by Gasteiger charge is 2.26. The van der Waals surface area contributed by atoms with E-state index in [1.165, 1.54) is 89.7 Å². The first-order chi connectivity index (χ1) is 13.9. The van der Waals surface area contributed by atoms with Crippen molar-refractivity contribution < 1.29 is 4.74 Å². The molecule has 3 aliphatic rings. The SMILES string of the molecule is c1cc(N2CCC[C@H]2CNC2CCCC2)ccc1OCCCN1CCCCC1. The molecule has 0 spiro atoms. The number of likely N-dealkylation sites (tertiary alicyclic amines) is 1. The molecule has 1 aliphatic carbocycles. The molecule has 28 heavy (non-hydrogen) atoms. The molecule has 0 amide bonds. The van der Waals surface area contributed by atoms with Gasteiger partial charge < -0.3 is 19.9 Å². The Kier molecular flexibility index (Phi) is 7.51. The number of benzene rings is 1. The van der Waals surface area contributed by atoms with Crippen LogP contribution in [-0.2, 0) is 0 Å². The lowest BCUT2D eigenvalue weighted by atomic mass is 10.1. The first-order valence-electron chi connectivity index (χ1n) is 11.8. The molecule has 4 rings (SSSR count). The first kappa shape index (κ1) is 20.0. The molecule has 0 aromatic heterocycles. The summed E-state index contributed by atoms with van der Waals surface area (Å²) in [6.07, 6.45) is 13.5. The van der Waals surface area contributed by atoms with Crippen LogP contribution in [0.25, 0.3) is 0 Å². The lowest BCUT2D eigenvalue weighted by molar-refractivity contribution is 0.205. The summed E-state index contributed by atoms with van der Waals surface area (Å²) in [7, 11) is 0. The Balaban J connectivity index is 1.19. The molecular weight excluding hydrogens is 346 g/mol. The summed E-state index contributed by atoms with van der Waals surface area (Å²) in [5.74, 6) is 1.02. The number of rotatable bonds is 9. The summed E-state index contributed by atoms with van der Waals surface area (Å²) in [6, 6.07) is 10.3. The van der Waals surface area contributed by atoms with Gasteiger partial charge in [-0.1, -0.05) is 19.3 Å². The second-order valence-corrected chi connectivity index (χ2v) is 8.98. The van der Waals surface area contributed by atoms with Crippen LogP contribution in [0.15, 0.2) is 24.3 Å². The van der Waals surface area contributed by atoms with E-state index in [1.807, 2.05) is 0 Å². The van der Waals surface area contributed by atoms with E-state index in [9.17, 15) is 0 Å². The maximum absolute atomic E-state index is 6.00. The van der Waals surface area contributed by atoms with Crippen LogP contribution in [0.2, 0.25) is 0 Å². The van der Waals surface area contributed by atoms with E-state index in [4.69, 9.17) is 4.74 Å². The van der Waals surface area contributed by atoms with Crippen LogP contribution in [0.3, 0.4) is 0 Å². The summed E-state index contributed by atoms with van der Waals surface area (Å²) in [5, 5.41) is 3.83. The first-order valence-corrected chi connectivity index (χ1v) is 11.8. The Bertz CT molecular complexity index is 564. The van der Waals surface area contributed by atoms with Gasteiger partial charge in [-0.15, -0.1) is 0 Å². The Morgan fingerprint density at radius 1 is 0.857 bits per heavy atom. The van der Waals surface area contributed by atoms with Crippen molar-refractivity contribution in [3.63, 3.8) is 0 Å². The van der Waals surface area contributed by atoms with Gasteiger partial charge in [-0.05, 0) is 82.3 Å². The van der Waals surface area contributed by atoms with E-state index in [2.05, 4.69) is 39.4 Å². The van der Waals surface area contributed by atoms with Gasteiger partial charge in [0.15, 0.2) is 0 Å². The number of piperidine rings is 1. The Morgan fingerprint density at radius 3 is 2.43 bits per heavy atom. The molecule has 2 saturated heterocycles. The van der Waals surface area contributed by atoms with Gasteiger partial charge in [0.1, 0.15) is 5.75 Å². The zero-order valence-electron chi connectivity index (χ0n) is 17.6. The van der Waals surface area contributed by atoms with Crippen LogP contribution in [0.1, 0.15) is 64.2 Å². The smallest absolute Gasteiger partial charge is 0.119 e. The predicted molar refractivity (Wildman–Crippen MR) is 117 cm³/mol. The Hall–Kier alpha value is -1.26. The molecule has 1 saturated carbocycles. The molecule has 0 unspecified atom stereocenters. The van der Waals surface area contributed by atoms with Crippen molar-refractivity contribution in [3.05, 3.63) is 24.3 Å². The van der Waals surface area contributed by atoms with Crippen LogP contribution in [-0.4, -0.2) is 56.3 Å². The fraction of sp³-hybridized carbons (Fsp3) is 0.750. The summed E-state index contributed by atoms with van der Waals surface area (Å²) in [5.41, 5.74) is 1.36. The fourth-order valence-electron chi connectivity index (χ4n) is 5.22. The standard InChI is InChI=1S/C24H39N3O/c1-4-15-26(16-5-1)17-7-19-28-24-13-11-22(12-14-24)27-18-6-10-23(27)20-25-21-8-2-3-9-21/h11-14,21,23,25H,1-10,15-20H2/t23-/m0/s1. The van der Waals surface area contributed by atoms with E-state index in [-0.39, 0.29) is 0 Å². The zero-order valence-corrected chi connectivity index (χ0v) is 17.6. The number of nitrogens with zero attached hydrogens (tertiary/aromatic N) is 2. The second kappa shape index (κ2) is 10.5. The van der Waals surface area contributed by atoms with Gasteiger partial charge in [0.2, 0.25) is 0 Å². The quantitative estimate of drug-likeness (QED) is 0.636. The van der Waals surface area contributed by atoms with Gasteiger partial charge in [0, 0.05) is 37.4 Å². The third-order valence-corrected chi connectivity index (χ3v) is 6.88. The van der Waals surface area contributed by atoms with Gasteiger partial charge in [0.05, 0.1) is 6.61 Å². The van der Waals surface area contributed by atoms with Gasteiger partial charge in [-0.25, -0.2) is 0 Å². The molecule has 3 fully saturated rings. The van der Waals surface area contributed by atoms with Crippen molar-refractivity contribution in [3.8, 4) is 5.75 Å². The van der Waals surface area contributed by atoms with E-state index < -0.39 is 0 Å². The summed E-state index contributed by atoms with van der Waals surface area (Å²) in [6.45, 7) is 6.89. The Morgan fingerprint density at radius 2 is 1.64 bits per heavy atom. The normalized spacial score (nSPS) is 24.1. The van der Waals surface area contributed by atoms with Gasteiger partial charge in [-0.3, -0.25) is 0 Å². The molecule has 0 radical (unpaired) electrons. The van der Waals surface area contributed by atoms with Crippen LogP contribution in [0.4, 0.5) is 5.69 Å². The Labute approximate surface area is 171 Å². The van der Waals surface area contributed by atoms with Crippen LogP contribution in [0, 0.1) is 0 Å². The van der Waals surface area contributed by atoms with Crippen LogP contribution in [0.5, 0.6) is 5.75 Å². The van der Waals surface area contributed by atoms with Gasteiger partial charge in [0.25, 0.3) is 0 Å². The van der Waals surface area contributed by atoms with Crippen molar-refractivity contribution in [1.29, 1.82) is 0 Å². The third-order valence-electron chi connectivity index (χ3n) is 6.88. The molecular formula is C24H39N3O. The van der Waals surface area contributed by atoms with Gasteiger partial charge in [-0.2, -0.15) is 0 Å². The fourth-order valence-corrected chi connectivity index (χ4v) is 5.22. The predicted octanol–water partition coefficient (Wildman–Crippen LogP) is 4.44. The van der Waals surface area contributed by atoms with Crippen molar-refractivity contribution in [2.75, 3.05) is 44.2 Å². The van der Waals surface area contributed by atoms with Gasteiger partial charge >= 0.3 is 0 Å². The summed E-state index contributed by atoms with van der Waals surface area (Å²) in [4.78, 5) is 5.19. The number of ether oxygens (including phenoxy) is 1. The van der Waals surface area contributed by atoms with Crippen LogP contribution < -0.4 is 15.0 Å². The van der Waals surface area contributed by atoms with E-state index in [1.54, 1.807) is 0 Å². The highest BCUT2D eigenvalue weighted by atomic mass is 16.5. The van der Waals surface area contributed by atoms with E-state index in [0.717, 1.165) is 31.4 Å². The minimum absolute atomic E-state index is 0.650. The number of hydrogen-bond acceptors (Lipinski definition) is 4. The van der Waals surface area contributed by atoms with Crippen LogP contribution >= 0.6 is 0 Å². The van der Waals surface area contributed by atoms with E-state index in [0.29, 0.717) is 6.04 Å². The molecule has 1 aromatic carbocycles. The van der Waals surface area contributed by atoms with Crippen molar-refractivity contribution in [2.24, 2.45) is 0 Å². The molecule has 4 heteroatoms. The summed E-state index contributed by atoms with van der Waals surface area (Å²) < 4.78 is 6.00.